The van der Waals surface area contributed by atoms with E-state index in [0.717, 1.165) is 13.0 Å². The van der Waals surface area contributed by atoms with Gasteiger partial charge in [-0.05, 0) is 42.7 Å². The van der Waals surface area contributed by atoms with Crippen LogP contribution in [-0.2, 0) is 27.3 Å². The number of ether oxygens (including phenoxy) is 1. The Morgan fingerprint density at radius 1 is 0.975 bits per heavy atom. The zero-order valence-electron chi connectivity index (χ0n) is 21.9. The molecule has 0 bridgehead atoms. The van der Waals surface area contributed by atoms with Crippen LogP contribution in [0, 0.1) is 0 Å². The van der Waals surface area contributed by atoms with Gasteiger partial charge in [0.2, 0.25) is 0 Å². The number of carbonyl (C=O) groups excluding carboxylic acids is 1. The van der Waals surface area contributed by atoms with Gasteiger partial charge in [-0.2, -0.15) is 0 Å². The Kier molecular flexibility index (Phi) is 10.7. The van der Waals surface area contributed by atoms with Gasteiger partial charge in [-0.3, -0.25) is 5.32 Å². The molecule has 0 fully saturated rings. The number of anilines is 3. The minimum absolute atomic E-state index is 0.238. The van der Waals surface area contributed by atoms with E-state index >= 15 is 0 Å². The molecule has 4 aromatic rings. The number of nitrogens with zero attached hydrogens (tertiary/aromatic N) is 2. The molecule has 0 radical (unpaired) electrons. The van der Waals surface area contributed by atoms with Crippen molar-refractivity contribution in [2.24, 2.45) is 0 Å². The number of hydrogen-bond acceptors (Lipinski definition) is 7. The molecule has 0 saturated heterocycles. The maximum Gasteiger partial charge on any atom is 0.411 e. The Morgan fingerprint density at radius 2 is 1.65 bits per heavy atom. The summed E-state index contributed by atoms with van der Waals surface area (Å²) >= 11 is 0. The lowest BCUT2D eigenvalue weighted by Gasteiger charge is -2.10. The summed E-state index contributed by atoms with van der Waals surface area (Å²) in [6.45, 7) is 3.58. The molecule has 0 saturated carbocycles. The fourth-order valence-electron chi connectivity index (χ4n) is 3.86. The molecule has 4 rings (SSSR count). The standard InChI is InChI=1S/C25H27N5O2.C4H4O4/c1-2-32-25(31)28-21-12-13-23(29-24(21)26)27-15-14-19-17-30(16-18-8-4-3-5-9-18)22-11-7-6-10-20(19)22;5-3(6)1-2-4(7)8/h3-13,17H,2,14-16H2,1H3,(H,28,31)(H3,26,27,29);1-2H,(H,5,6)(H,7,8). The Labute approximate surface area is 230 Å². The monoisotopic (exact) mass is 545 g/mol. The number of nitrogens with two attached hydrogens (primary N) is 1. The molecule has 0 aliphatic rings. The van der Waals surface area contributed by atoms with Crippen molar-refractivity contribution in [2.75, 3.05) is 29.5 Å². The second kappa shape index (κ2) is 14.6. The predicted octanol–water partition coefficient (Wildman–Crippen LogP) is 4.60. The van der Waals surface area contributed by atoms with E-state index in [1.165, 1.54) is 22.0 Å². The average Bonchev–Trinajstić information content (AvgIpc) is 3.27. The van der Waals surface area contributed by atoms with Crippen molar-refractivity contribution in [3.8, 4) is 0 Å². The molecule has 1 amide bonds. The molecule has 2 aromatic carbocycles. The molecule has 208 valence electrons. The first-order valence-corrected chi connectivity index (χ1v) is 12.5. The number of rotatable bonds is 10. The van der Waals surface area contributed by atoms with Gasteiger partial charge in [0.05, 0.1) is 12.3 Å². The van der Waals surface area contributed by atoms with E-state index in [1.54, 1.807) is 19.1 Å². The molecule has 2 heterocycles. The van der Waals surface area contributed by atoms with Crippen LogP contribution in [0.1, 0.15) is 18.1 Å². The lowest BCUT2D eigenvalue weighted by molar-refractivity contribution is -0.134. The van der Waals surface area contributed by atoms with Crippen LogP contribution in [0.2, 0.25) is 0 Å². The Hall–Kier alpha value is -5.32. The molecule has 6 N–H and O–H groups in total. The van der Waals surface area contributed by atoms with E-state index in [0.29, 0.717) is 36.8 Å². The molecule has 0 aliphatic heterocycles. The molecule has 11 heteroatoms. The van der Waals surface area contributed by atoms with E-state index in [2.05, 4.69) is 74.9 Å². The van der Waals surface area contributed by atoms with Crippen molar-refractivity contribution in [1.29, 1.82) is 0 Å². The van der Waals surface area contributed by atoms with Crippen LogP contribution >= 0.6 is 0 Å². The smallest absolute Gasteiger partial charge is 0.411 e. The van der Waals surface area contributed by atoms with Crippen molar-refractivity contribution < 1.29 is 29.3 Å². The minimum Gasteiger partial charge on any atom is -0.478 e. The summed E-state index contributed by atoms with van der Waals surface area (Å²) in [5.41, 5.74) is 10.2. The van der Waals surface area contributed by atoms with Crippen LogP contribution in [0.15, 0.2) is 85.1 Å². The van der Waals surface area contributed by atoms with Gasteiger partial charge in [-0.25, -0.2) is 19.4 Å². The number of aliphatic carboxylic acids is 2. The largest absolute Gasteiger partial charge is 0.478 e. The lowest BCUT2D eigenvalue weighted by Crippen LogP contribution is -2.15. The quantitative estimate of drug-likeness (QED) is 0.179. The number of nitrogens with one attached hydrogen (secondary N) is 2. The van der Waals surface area contributed by atoms with Gasteiger partial charge >= 0.3 is 18.0 Å². The van der Waals surface area contributed by atoms with E-state index in [-0.39, 0.29) is 5.82 Å². The normalized spacial score (nSPS) is 10.5. The molecular weight excluding hydrogens is 514 g/mol. The van der Waals surface area contributed by atoms with Gasteiger partial charge in [0.25, 0.3) is 0 Å². The number of carbonyl (C=O) groups is 3. The van der Waals surface area contributed by atoms with E-state index in [4.69, 9.17) is 20.7 Å². The highest BCUT2D eigenvalue weighted by atomic mass is 16.5. The molecular formula is C29H31N5O6. The van der Waals surface area contributed by atoms with E-state index in [9.17, 15) is 14.4 Å². The second-order valence-electron chi connectivity index (χ2n) is 8.45. The summed E-state index contributed by atoms with van der Waals surface area (Å²) in [4.78, 5) is 35.0. The first kappa shape index (κ1) is 29.2. The Morgan fingerprint density at radius 3 is 2.30 bits per heavy atom. The van der Waals surface area contributed by atoms with Gasteiger partial charge in [0, 0.05) is 42.3 Å². The zero-order chi connectivity index (χ0) is 28.9. The number of pyridine rings is 1. The molecule has 11 nitrogen and oxygen atoms in total. The molecule has 40 heavy (non-hydrogen) atoms. The highest BCUT2D eigenvalue weighted by Gasteiger charge is 2.10. The van der Waals surface area contributed by atoms with Crippen LogP contribution in [0.4, 0.5) is 22.1 Å². The fraction of sp³-hybridized carbons (Fsp3) is 0.172. The van der Waals surface area contributed by atoms with Crippen molar-refractivity contribution >= 4 is 46.3 Å². The summed E-state index contributed by atoms with van der Waals surface area (Å²) in [6.07, 6.45) is 3.64. The number of benzene rings is 2. The SMILES string of the molecule is CCOC(=O)Nc1ccc(NCCc2cn(Cc3ccccc3)c3ccccc23)nc1N.O=C(O)C=CC(=O)O. The molecule has 0 aliphatic carbocycles. The van der Waals surface area contributed by atoms with E-state index < -0.39 is 18.0 Å². The predicted molar refractivity (Wildman–Crippen MR) is 153 cm³/mol. The van der Waals surface area contributed by atoms with Gasteiger partial charge in [-0.1, -0.05) is 48.5 Å². The average molecular weight is 546 g/mol. The third-order valence-corrected chi connectivity index (χ3v) is 5.57. The van der Waals surface area contributed by atoms with Crippen LogP contribution in [0.25, 0.3) is 10.9 Å². The zero-order valence-corrected chi connectivity index (χ0v) is 21.9. The Bertz CT molecular complexity index is 1470. The maximum atomic E-state index is 11.6. The summed E-state index contributed by atoms with van der Waals surface area (Å²) < 4.78 is 7.17. The number of amides is 1. The van der Waals surface area contributed by atoms with Crippen LogP contribution in [0.5, 0.6) is 0 Å². The number of carboxylic acids is 2. The number of nitrogen functional groups attached to an aromatic ring is 1. The highest BCUT2D eigenvalue weighted by Crippen LogP contribution is 2.24. The lowest BCUT2D eigenvalue weighted by atomic mass is 10.1. The number of carboxylic acid groups (broad SMARTS) is 2. The molecule has 0 spiro atoms. The Balaban J connectivity index is 0.000000482. The van der Waals surface area contributed by atoms with Gasteiger partial charge in [0.15, 0.2) is 0 Å². The second-order valence-corrected chi connectivity index (χ2v) is 8.45. The van der Waals surface area contributed by atoms with Crippen molar-refractivity contribution in [3.63, 3.8) is 0 Å². The minimum atomic E-state index is -1.26. The van der Waals surface area contributed by atoms with Crippen molar-refractivity contribution in [2.45, 2.75) is 19.9 Å². The van der Waals surface area contributed by atoms with Gasteiger partial charge < -0.3 is 30.6 Å². The van der Waals surface area contributed by atoms with Crippen molar-refractivity contribution in [1.82, 2.24) is 9.55 Å². The summed E-state index contributed by atoms with van der Waals surface area (Å²) in [7, 11) is 0. The number of hydrogen-bond donors (Lipinski definition) is 5. The van der Waals surface area contributed by atoms with Gasteiger partial charge in [-0.15, -0.1) is 0 Å². The van der Waals surface area contributed by atoms with Crippen molar-refractivity contribution in [3.05, 3.63) is 96.2 Å². The topological polar surface area (TPSA) is 169 Å². The third-order valence-electron chi connectivity index (χ3n) is 5.57. The van der Waals surface area contributed by atoms with Crippen LogP contribution in [-0.4, -0.2) is 50.9 Å². The number of aromatic nitrogens is 2. The molecule has 0 unspecified atom stereocenters. The summed E-state index contributed by atoms with van der Waals surface area (Å²) in [5, 5.41) is 22.8. The number of para-hydroxylation sites is 1. The van der Waals surface area contributed by atoms with E-state index in [1.807, 2.05) is 6.07 Å². The number of fused-ring (bicyclic) bond motifs is 1. The summed E-state index contributed by atoms with van der Waals surface area (Å²) in [5.74, 6) is -1.62. The summed E-state index contributed by atoms with van der Waals surface area (Å²) in [6, 6.07) is 22.4. The molecule has 2 aromatic heterocycles. The maximum absolute atomic E-state index is 11.6. The third kappa shape index (κ3) is 8.91. The molecule has 0 atom stereocenters. The first-order chi connectivity index (χ1) is 19.3. The van der Waals surface area contributed by atoms with Gasteiger partial charge in [0.1, 0.15) is 11.6 Å². The highest BCUT2D eigenvalue weighted by molar-refractivity contribution is 5.90. The first-order valence-electron chi connectivity index (χ1n) is 12.5. The van der Waals surface area contributed by atoms with Crippen LogP contribution < -0.4 is 16.4 Å². The fourth-order valence-corrected chi connectivity index (χ4v) is 3.86. The van der Waals surface area contributed by atoms with Crippen LogP contribution in [0.3, 0.4) is 0 Å².